The molecule has 0 unspecified atom stereocenters. The van der Waals surface area contributed by atoms with Gasteiger partial charge in [0.2, 0.25) is 0 Å². The van der Waals surface area contributed by atoms with Gasteiger partial charge in [0.25, 0.3) is 5.88 Å². The molecule has 0 N–H and O–H groups in total. The Morgan fingerprint density at radius 1 is 1.35 bits per heavy atom. The molecule has 20 heavy (non-hydrogen) atoms. The second-order valence-corrected chi connectivity index (χ2v) is 4.89. The summed E-state index contributed by atoms with van der Waals surface area (Å²) in [7, 11) is 2.13. The molecular weight excluding hydrogens is 278 g/mol. The molecule has 108 valence electrons. The molecule has 0 bridgehead atoms. The van der Waals surface area contributed by atoms with Gasteiger partial charge in [-0.2, -0.15) is 0 Å². The number of piperidine rings is 1. The van der Waals surface area contributed by atoms with Gasteiger partial charge in [-0.25, -0.2) is 0 Å². The van der Waals surface area contributed by atoms with Crippen molar-refractivity contribution >= 4 is 12.4 Å². The Kier molecular flexibility index (Phi) is 4.98. The molecule has 0 atom stereocenters. The highest BCUT2D eigenvalue weighted by atomic mass is 35.5. The van der Waals surface area contributed by atoms with Crippen LogP contribution in [0.5, 0.6) is 5.88 Å². The molecule has 0 saturated carbocycles. The van der Waals surface area contributed by atoms with Crippen molar-refractivity contribution < 1.29 is 9.26 Å². The first-order valence-corrected chi connectivity index (χ1v) is 6.53. The molecule has 1 fully saturated rings. The monoisotopic (exact) mass is 295 g/mol. The van der Waals surface area contributed by atoms with Crippen LogP contribution in [-0.2, 0) is 0 Å². The third-order valence-electron chi connectivity index (χ3n) is 3.39. The Morgan fingerprint density at radius 3 is 2.85 bits per heavy atom. The molecule has 1 aliphatic rings. The molecule has 0 spiro atoms. The van der Waals surface area contributed by atoms with E-state index in [2.05, 4.69) is 22.1 Å². The normalized spacial score (nSPS) is 16.6. The van der Waals surface area contributed by atoms with E-state index in [0.29, 0.717) is 11.6 Å². The van der Waals surface area contributed by atoms with Gasteiger partial charge in [0.1, 0.15) is 6.10 Å². The summed E-state index contributed by atoms with van der Waals surface area (Å²) in [6.07, 6.45) is 5.79. The van der Waals surface area contributed by atoms with E-state index >= 15 is 0 Å². The van der Waals surface area contributed by atoms with Crippen LogP contribution < -0.4 is 4.74 Å². The Labute approximate surface area is 124 Å². The fourth-order valence-corrected chi connectivity index (χ4v) is 2.23. The molecule has 0 aliphatic carbocycles. The predicted octanol–water partition coefficient (Wildman–Crippen LogP) is 2.63. The lowest BCUT2D eigenvalue weighted by atomic mass is 10.1. The molecule has 6 heteroatoms. The number of ether oxygens (including phenoxy) is 1. The molecule has 1 saturated heterocycles. The molecule has 2 aromatic heterocycles. The number of aromatic nitrogens is 2. The third-order valence-corrected chi connectivity index (χ3v) is 3.39. The van der Waals surface area contributed by atoms with Crippen molar-refractivity contribution in [3.63, 3.8) is 0 Å². The second-order valence-electron chi connectivity index (χ2n) is 4.89. The van der Waals surface area contributed by atoms with Crippen molar-refractivity contribution in [2.45, 2.75) is 18.9 Å². The lowest BCUT2D eigenvalue weighted by Gasteiger charge is -2.28. The molecule has 2 aromatic rings. The fraction of sp³-hybridized carbons (Fsp3) is 0.429. The maximum Gasteiger partial charge on any atom is 0.254 e. The van der Waals surface area contributed by atoms with Gasteiger partial charge in [0.05, 0.1) is 0 Å². The lowest BCUT2D eigenvalue weighted by Crippen LogP contribution is -2.35. The van der Waals surface area contributed by atoms with Crippen LogP contribution in [0.25, 0.3) is 11.3 Å². The van der Waals surface area contributed by atoms with Gasteiger partial charge < -0.3 is 14.2 Å². The summed E-state index contributed by atoms with van der Waals surface area (Å²) in [4.78, 5) is 6.37. The van der Waals surface area contributed by atoms with E-state index in [1.807, 2.05) is 18.2 Å². The van der Waals surface area contributed by atoms with Crippen LogP contribution in [0.2, 0.25) is 0 Å². The van der Waals surface area contributed by atoms with Gasteiger partial charge >= 0.3 is 0 Å². The SMILES string of the molecule is CN1CCC(Oc2cc(-c3cccnc3)on2)CC1.Cl. The van der Waals surface area contributed by atoms with Crippen molar-refractivity contribution in [1.29, 1.82) is 0 Å². The fourth-order valence-electron chi connectivity index (χ4n) is 2.23. The molecule has 3 rings (SSSR count). The summed E-state index contributed by atoms with van der Waals surface area (Å²) in [5.74, 6) is 1.25. The van der Waals surface area contributed by atoms with Crippen molar-refractivity contribution in [2.24, 2.45) is 0 Å². The Balaban J connectivity index is 0.00000147. The van der Waals surface area contributed by atoms with Crippen molar-refractivity contribution in [3.8, 4) is 17.2 Å². The standard InChI is InChI=1S/C14H17N3O2.ClH/c1-17-7-4-12(5-8-17)18-14-9-13(19-16-14)11-3-2-6-15-10-11;/h2-3,6,9-10,12H,4-5,7-8H2,1H3;1H. The van der Waals surface area contributed by atoms with Gasteiger partial charge in [-0.05, 0) is 37.2 Å². The summed E-state index contributed by atoms with van der Waals surface area (Å²) in [6, 6.07) is 5.64. The lowest BCUT2D eigenvalue weighted by molar-refractivity contribution is 0.106. The van der Waals surface area contributed by atoms with Gasteiger partial charge in [-0.1, -0.05) is 0 Å². The van der Waals surface area contributed by atoms with E-state index in [4.69, 9.17) is 9.26 Å². The minimum Gasteiger partial charge on any atom is -0.472 e. The van der Waals surface area contributed by atoms with Crippen LogP contribution in [0.1, 0.15) is 12.8 Å². The topological polar surface area (TPSA) is 51.4 Å². The van der Waals surface area contributed by atoms with Gasteiger partial charge in [0.15, 0.2) is 5.76 Å². The van der Waals surface area contributed by atoms with E-state index in [9.17, 15) is 0 Å². The minimum atomic E-state index is 0. The van der Waals surface area contributed by atoms with E-state index in [-0.39, 0.29) is 18.5 Å². The largest absolute Gasteiger partial charge is 0.472 e. The number of hydrogen-bond acceptors (Lipinski definition) is 5. The predicted molar refractivity (Wildman–Crippen MR) is 78.1 cm³/mol. The highest BCUT2D eigenvalue weighted by Crippen LogP contribution is 2.24. The summed E-state index contributed by atoms with van der Waals surface area (Å²) in [5.41, 5.74) is 0.910. The minimum absolute atomic E-state index is 0. The van der Waals surface area contributed by atoms with Gasteiger partial charge in [-0.15, -0.1) is 12.4 Å². The Hall–Kier alpha value is -1.59. The van der Waals surface area contributed by atoms with Crippen LogP contribution in [-0.4, -0.2) is 41.3 Å². The number of rotatable bonds is 3. The number of pyridine rings is 1. The number of halogens is 1. The van der Waals surface area contributed by atoms with Crippen LogP contribution in [0.4, 0.5) is 0 Å². The Bertz CT molecular complexity index is 524. The van der Waals surface area contributed by atoms with Crippen molar-refractivity contribution in [3.05, 3.63) is 30.6 Å². The molecular formula is C14H18ClN3O2. The Morgan fingerprint density at radius 2 is 2.15 bits per heavy atom. The highest BCUT2D eigenvalue weighted by Gasteiger charge is 2.19. The van der Waals surface area contributed by atoms with Crippen molar-refractivity contribution in [2.75, 3.05) is 20.1 Å². The number of nitrogens with zero attached hydrogens (tertiary/aromatic N) is 3. The molecule has 0 aromatic carbocycles. The first kappa shape index (κ1) is 14.8. The molecule has 0 amide bonds. The second kappa shape index (κ2) is 6.72. The molecule has 0 radical (unpaired) electrons. The summed E-state index contributed by atoms with van der Waals surface area (Å²) < 4.78 is 11.1. The van der Waals surface area contributed by atoms with E-state index in [1.165, 1.54) is 0 Å². The smallest absolute Gasteiger partial charge is 0.254 e. The summed E-state index contributed by atoms with van der Waals surface area (Å²) in [6.45, 7) is 2.13. The summed E-state index contributed by atoms with van der Waals surface area (Å²) >= 11 is 0. The first-order chi connectivity index (χ1) is 9.31. The highest BCUT2D eigenvalue weighted by molar-refractivity contribution is 5.85. The van der Waals surface area contributed by atoms with Crippen LogP contribution >= 0.6 is 12.4 Å². The van der Waals surface area contributed by atoms with Crippen molar-refractivity contribution in [1.82, 2.24) is 15.0 Å². The number of hydrogen-bond donors (Lipinski definition) is 0. The van der Waals surface area contributed by atoms with E-state index in [0.717, 1.165) is 31.5 Å². The zero-order chi connectivity index (χ0) is 13.1. The van der Waals surface area contributed by atoms with E-state index in [1.54, 1.807) is 12.4 Å². The molecule has 5 nitrogen and oxygen atoms in total. The zero-order valence-corrected chi connectivity index (χ0v) is 12.2. The summed E-state index contributed by atoms with van der Waals surface area (Å²) in [5, 5.41) is 3.97. The van der Waals surface area contributed by atoms with Crippen LogP contribution in [0.15, 0.2) is 35.1 Å². The maximum absolute atomic E-state index is 5.85. The van der Waals surface area contributed by atoms with Gasteiger partial charge in [-0.3, -0.25) is 4.98 Å². The van der Waals surface area contributed by atoms with E-state index < -0.39 is 0 Å². The van der Waals surface area contributed by atoms with Crippen LogP contribution in [0.3, 0.4) is 0 Å². The molecule has 1 aliphatic heterocycles. The van der Waals surface area contributed by atoms with Gasteiger partial charge in [0, 0.05) is 37.1 Å². The maximum atomic E-state index is 5.85. The molecule has 3 heterocycles. The zero-order valence-electron chi connectivity index (χ0n) is 11.4. The average molecular weight is 296 g/mol. The third kappa shape index (κ3) is 3.49. The quantitative estimate of drug-likeness (QED) is 0.871. The average Bonchev–Trinajstić information content (AvgIpc) is 2.91. The van der Waals surface area contributed by atoms with Crippen LogP contribution in [0, 0.1) is 0 Å². The number of likely N-dealkylation sites (tertiary alicyclic amines) is 1. The first-order valence-electron chi connectivity index (χ1n) is 6.53.